The number of fused-ring (bicyclic) bond motifs is 1. The van der Waals surface area contributed by atoms with Crippen molar-refractivity contribution in [2.24, 2.45) is 4.99 Å². The standard InChI is InChI=1S/C12H10N2O/c1-2-11(10-4-6-15-8-10)14-12-3-5-13-7-9(1)12/h1-2,4,6-8H,3,5H2. The number of rotatable bonds is 1. The van der Waals surface area contributed by atoms with Crippen LogP contribution in [-0.2, 0) is 6.42 Å². The van der Waals surface area contributed by atoms with E-state index in [1.165, 1.54) is 0 Å². The zero-order chi connectivity index (χ0) is 10.1. The van der Waals surface area contributed by atoms with Crippen LogP contribution in [0.1, 0.15) is 11.3 Å². The molecule has 0 saturated heterocycles. The molecule has 15 heavy (non-hydrogen) atoms. The first-order valence-electron chi connectivity index (χ1n) is 4.96. The van der Waals surface area contributed by atoms with Crippen LogP contribution in [0.15, 0.2) is 40.1 Å². The second-order valence-electron chi connectivity index (χ2n) is 3.53. The van der Waals surface area contributed by atoms with Crippen LogP contribution in [0.25, 0.3) is 11.3 Å². The smallest absolute Gasteiger partial charge is 0.0996 e. The molecule has 0 atom stereocenters. The zero-order valence-electron chi connectivity index (χ0n) is 8.18. The summed E-state index contributed by atoms with van der Waals surface area (Å²) in [5.74, 6) is 0. The molecule has 0 N–H and O–H groups in total. The minimum absolute atomic E-state index is 0.842. The fraction of sp³-hybridized carbons (Fsp3) is 0.167. The molecule has 0 radical (unpaired) electrons. The predicted molar refractivity (Wildman–Crippen MR) is 58.1 cm³/mol. The van der Waals surface area contributed by atoms with E-state index < -0.39 is 0 Å². The van der Waals surface area contributed by atoms with Gasteiger partial charge in [0.1, 0.15) is 0 Å². The van der Waals surface area contributed by atoms with Gasteiger partial charge in [0.05, 0.1) is 23.9 Å². The maximum absolute atomic E-state index is 5.05. The molecule has 0 spiro atoms. The molecule has 1 aliphatic rings. The van der Waals surface area contributed by atoms with Crippen LogP contribution in [-0.4, -0.2) is 17.7 Å². The van der Waals surface area contributed by atoms with Crippen molar-refractivity contribution in [1.29, 1.82) is 0 Å². The predicted octanol–water partition coefficient (Wildman–Crippen LogP) is 2.32. The normalized spacial score (nSPS) is 13.9. The molecular weight excluding hydrogens is 188 g/mol. The van der Waals surface area contributed by atoms with Crippen LogP contribution in [0, 0.1) is 0 Å². The van der Waals surface area contributed by atoms with Gasteiger partial charge in [-0.05, 0) is 18.2 Å². The van der Waals surface area contributed by atoms with Gasteiger partial charge < -0.3 is 4.42 Å². The molecule has 0 aliphatic carbocycles. The van der Waals surface area contributed by atoms with E-state index in [-0.39, 0.29) is 0 Å². The monoisotopic (exact) mass is 198 g/mol. The molecule has 2 aromatic heterocycles. The van der Waals surface area contributed by atoms with Gasteiger partial charge in [-0.25, -0.2) is 0 Å². The molecule has 3 heteroatoms. The van der Waals surface area contributed by atoms with Gasteiger partial charge in [-0.3, -0.25) is 9.98 Å². The summed E-state index contributed by atoms with van der Waals surface area (Å²) in [6.07, 6.45) is 6.20. The van der Waals surface area contributed by atoms with Crippen molar-refractivity contribution in [3.63, 3.8) is 0 Å². The fourth-order valence-electron chi connectivity index (χ4n) is 1.73. The number of aliphatic imine (C=N–C) groups is 1. The van der Waals surface area contributed by atoms with Crippen LogP contribution < -0.4 is 0 Å². The Bertz CT molecular complexity index is 500. The van der Waals surface area contributed by atoms with Gasteiger partial charge in [0.2, 0.25) is 0 Å². The van der Waals surface area contributed by atoms with Crippen LogP contribution in [0.5, 0.6) is 0 Å². The van der Waals surface area contributed by atoms with Gasteiger partial charge in [0.15, 0.2) is 0 Å². The number of aromatic nitrogens is 1. The Kier molecular flexibility index (Phi) is 1.88. The molecule has 0 fully saturated rings. The highest BCUT2D eigenvalue weighted by molar-refractivity contribution is 5.82. The summed E-state index contributed by atoms with van der Waals surface area (Å²) in [5.41, 5.74) is 4.26. The highest BCUT2D eigenvalue weighted by Crippen LogP contribution is 2.20. The lowest BCUT2D eigenvalue weighted by Crippen LogP contribution is -2.05. The summed E-state index contributed by atoms with van der Waals surface area (Å²) in [6.45, 7) is 0.842. The summed E-state index contributed by atoms with van der Waals surface area (Å²) in [4.78, 5) is 8.83. The lowest BCUT2D eigenvalue weighted by Gasteiger charge is -2.09. The number of hydrogen-bond donors (Lipinski definition) is 0. The van der Waals surface area contributed by atoms with E-state index >= 15 is 0 Å². The van der Waals surface area contributed by atoms with Crippen molar-refractivity contribution in [3.05, 3.63) is 42.0 Å². The lowest BCUT2D eigenvalue weighted by atomic mass is 10.1. The van der Waals surface area contributed by atoms with Gasteiger partial charge in [0.25, 0.3) is 0 Å². The van der Waals surface area contributed by atoms with Crippen LogP contribution in [0.3, 0.4) is 0 Å². The molecule has 0 amide bonds. The van der Waals surface area contributed by atoms with Crippen LogP contribution >= 0.6 is 0 Å². The number of hydrogen-bond acceptors (Lipinski definition) is 3. The quantitative estimate of drug-likeness (QED) is 0.705. The van der Waals surface area contributed by atoms with Gasteiger partial charge in [-0.2, -0.15) is 0 Å². The van der Waals surface area contributed by atoms with Crippen LogP contribution in [0.2, 0.25) is 0 Å². The van der Waals surface area contributed by atoms with Crippen molar-refractivity contribution in [2.45, 2.75) is 6.42 Å². The van der Waals surface area contributed by atoms with Crippen molar-refractivity contribution in [2.75, 3.05) is 6.54 Å². The topological polar surface area (TPSA) is 38.4 Å². The number of nitrogens with zero attached hydrogens (tertiary/aromatic N) is 2. The summed E-state index contributed by atoms with van der Waals surface area (Å²) in [5, 5.41) is 0. The molecular formula is C12H10N2O. The van der Waals surface area contributed by atoms with Crippen LogP contribution in [0.4, 0.5) is 0 Å². The zero-order valence-corrected chi connectivity index (χ0v) is 8.18. The first kappa shape index (κ1) is 8.41. The minimum atomic E-state index is 0.842. The molecule has 0 saturated carbocycles. The number of furan rings is 1. The van der Waals surface area contributed by atoms with E-state index in [4.69, 9.17) is 4.42 Å². The third kappa shape index (κ3) is 1.46. The average Bonchev–Trinajstić information content (AvgIpc) is 2.82. The minimum Gasteiger partial charge on any atom is -0.472 e. The molecule has 0 unspecified atom stereocenters. The lowest BCUT2D eigenvalue weighted by molar-refractivity contribution is 0.568. The van der Waals surface area contributed by atoms with E-state index in [0.717, 1.165) is 35.5 Å². The van der Waals surface area contributed by atoms with Crippen molar-refractivity contribution in [1.82, 2.24) is 4.98 Å². The SMILES string of the molecule is C1=NCCc2nc(-c3ccoc3)ccc21. The summed E-state index contributed by atoms with van der Waals surface area (Å²) in [7, 11) is 0. The Morgan fingerprint density at radius 2 is 2.20 bits per heavy atom. The van der Waals surface area contributed by atoms with Gasteiger partial charge in [-0.1, -0.05) is 0 Å². The maximum atomic E-state index is 5.05. The highest BCUT2D eigenvalue weighted by atomic mass is 16.3. The Balaban J connectivity index is 2.09. The van der Waals surface area contributed by atoms with E-state index in [2.05, 4.69) is 16.0 Å². The van der Waals surface area contributed by atoms with E-state index in [9.17, 15) is 0 Å². The Hall–Kier alpha value is -1.90. The molecule has 3 nitrogen and oxygen atoms in total. The first-order chi connectivity index (χ1) is 7.43. The van der Waals surface area contributed by atoms with Crippen molar-refractivity contribution < 1.29 is 4.42 Å². The third-order valence-corrected chi connectivity index (χ3v) is 2.53. The molecule has 3 rings (SSSR count). The maximum Gasteiger partial charge on any atom is 0.0996 e. The van der Waals surface area contributed by atoms with Gasteiger partial charge in [-0.15, -0.1) is 0 Å². The Labute approximate surface area is 87.5 Å². The van der Waals surface area contributed by atoms with E-state index in [1.807, 2.05) is 18.3 Å². The Morgan fingerprint density at radius 1 is 1.20 bits per heavy atom. The van der Waals surface area contributed by atoms with Crippen molar-refractivity contribution >= 4 is 6.21 Å². The first-order valence-corrected chi connectivity index (χ1v) is 4.96. The summed E-state index contributed by atoms with van der Waals surface area (Å²) >= 11 is 0. The third-order valence-electron chi connectivity index (χ3n) is 2.53. The van der Waals surface area contributed by atoms with Crippen molar-refractivity contribution in [3.8, 4) is 11.3 Å². The van der Waals surface area contributed by atoms with E-state index in [1.54, 1.807) is 12.5 Å². The second-order valence-corrected chi connectivity index (χ2v) is 3.53. The molecule has 0 aromatic carbocycles. The highest BCUT2D eigenvalue weighted by Gasteiger charge is 2.09. The van der Waals surface area contributed by atoms with Gasteiger partial charge in [0, 0.05) is 30.3 Å². The second kappa shape index (κ2) is 3.35. The largest absolute Gasteiger partial charge is 0.472 e. The number of pyridine rings is 1. The molecule has 2 aromatic rings. The molecule has 0 bridgehead atoms. The fourth-order valence-corrected chi connectivity index (χ4v) is 1.73. The summed E-state index contributed by atoms with van der Waals surface area (Å²) < 4.78 is 5.05. The molecule has 3 heterocycles. The summed E-state index contributed by atoms with van der Waals surface area (Å²) in [6, 6.07) is 5.99. The van der Waals surface area contributed by atoms with E-state index in [0.29, 0.717) is 0 Å². The van der Waals surface area contributed by atoms with Gasteiger partial charge >= 0.3 is 0 Å². The average molecular weight is 198 g/mol. The Morgan fingerprint density at radius 3 is 3.07 bits per heavy atom. The molecule has 1 aliphatic heterocycles. The molecule has 74 valence electrons.